The number of rotatable bonds is 3. The van der Waals surface area contributed by atoms with Gasteiger partial charge >= 0.3 is 0 Å². The number of hydrogen-bond acceptors (Lipinski definition) is 4. The maximum atomic E-state index is 9.32. The van der Waals surface area contributed by atoms with Crippen molar-refractivity contribution in [2.75, 3.05) is 18.6 Å². The number of aromatic nitrogens is 1. The molecule has 86 valence electrons. The van der Waals surface area contributed by atoms with Crippen LogP contribution in [0.25, 0.3) is 11.1 Å². The SMILES string of the molecule is CN(c1ccc2ncoc2c1)C(C)(C)CO. The molecule has 16 heavy (non-hydrogen) atoms. The van der Waals surface area contributed by atoms with Crippen molar-refractivity contribution in [1.82, 2.24) is 4.98 Å². The number of hydrogen-bond donors (Lipinski definition) is 1. The van der Waals surface area contributed by atoms with Crippen LogP contribution in [0.4, 0.5) is 5.69 Å². The van der Waals surface area contributed by atoms with Crippen molar-refractivity contribution in [3.05, 3.63) is 24.6 Å². The quantitative estimate of drug-likeness (QED) is 0.860. The predicted octanol–water partition coefficient (Wildman–Crippen LogP) is 2.03. The summed E-state index contributed by atoms with van der Waals surface area (Å²) in [7, 11) is 1.95. The predicted molar refractivity (Wildman–Crippen MR) is 63.6 cm³/mol. The highest BCUT2D eigenvalue weighted by atomic mass is 16.3. The van der Waals surface area contributed by atoms with Crippen molar-refractivity contribution < 1.29 is 9.52 Å². The molecule has 4 nitrogen and oxygen atoms in total. The zero-order valence-corrected chi connectivity index (χ0v) is 9.77. The summed E-state index contributed by atoms with van der Waals surface area (Å²) >= 11 is 0. The summed E-state index contributed by atoms with van der Waals surface area (Å²) in [5.74, 6) is 0. The van der Waals surface area contributed by atoms with E-state index in [0.717, 1.165) is 16.8 Å². The van der Waals surface area contributed by atoms with E-state index in [-0.39, 0.29) is 12.1 Å². The number of fused-ring (bicyclic) bond motifs is 1. The molecule has 1 aromatic carbocycles. The van der Waals surface area contributed by atoms with Crippen LogP contribution in [-0.4, -0.2) is 29.3 Å². The minimum atomic E-state index is -0.298. The maximum absolute atomic E-state index is 9.32. The van der Waals surface area contributed by atoms with Crippen LogP contribution in [0.5, 0.6) is 0 Å². The highest BCUT2D eigenvalue weighted by Gasteiger charge is 2.23. The van der Waals surface area contributed by atoms with Gasteiger partial charge in [-0.15, -0.1) is 0 Å². The van der Waals surface area contributed by atoms with E-state index in [4.69, 9.17) is 4.42 Å². The van der Waals surface area contributed by atoms with E-state index < -0.39 is 0 Å². The zero-order chi connectivity index (χ0) is 11.8. The first-order valence-electron chi connectivity index (χ1n) is 5.22. The Hall–Kier alpha value is -1.55. The molecule has 0 bridgehead atoms. The molecular weight excluding hydrogens is 204 g/mol. The second-order valence-corrected chi connectivity index (χ2v) is 4.53. The number of nitrogens with zero attached hydrogens (tertiary/aromatic N) is 2. The van der Waals surface area contributed by atoms with Gasteiger partial charge in [0.05, 0.1) is 12.1 Å². The van der Waals surface area contributed by atoms with Gasteiger partial charge in [-0.25, -0.2) is 4.98 Å². The Morgan fingerprint density at radius 1 is 1.44 bits per heavy atom. The molecule has 0 aliphatic rings. The van der Waals surface area contributed by atoms with Crippen molar-refractivity contribution in [2.24, 2.45) is 0 Å². The molecule has 0 aliphatic heterocycles. The Morgan fingerprint density at radius 2 is 2.19 bits per heavy atom. The van der Waals surface area contributed by atoms with Gasteiger partial charge in [0, 0.05) is 18.8 Å². The molecule has 1 N–H and O–H groups in total. The highest BCUT2D eigenvalue weighted by Crippen LogP contribution is 2.25. The molecule has 4 heteroatoms. The largest absolute Gasteiger partial charge is 0.443 e. The van der Waals surface area contributed by atoms with E-state index in [1.54, 1.807) is 0 Å². The molecule has 0 radical (unpaired) electrons. The molecule has 0 amide bonds. The molecular formula is C12H16N2O2. The van der Waals surface area contributed by atoms with Gasteiger partial charge in [-0.2, -0.15) is 0 Å². The molecule has 0 unspecified atom stereocenters. The van der Waals surface area contributed by atoms with Crippen LogP contribution >= 0.6 is 0 Å². The lowest BCUT2D eigenvalue weighted by molar-refractivity contribution is 0.216. The monoisotopic (exact) mass is 220 g/mol. The number of aliphatic hydroxyl groups excluding tert-OH is 1. The summed E-state index contributed by atoms with van der Waals surface area (Å²) in [6, 6.07) is 5.82. The lowest BCUT2D eigenvalue weighted by atomic mass is 10.0. The Morgan fingerprint density at radius 3 is 2.88 bits per heavy atom. The van der Waals surface area contributed by atoms with E-state index in [0.29, 0.717) is 0 Å². The van der Waals surface area contributed by atoms with Crippen LogP contribution in [0.3, 0.4) is 0 Å². The fourth-order valence-corrected chi connectivity index (χ4v) is 1.51. The number of benzene rings is 1. The average molecular weight is 220 g/mol. The third-order valence-corrected chi connectivity index (χ3v) is 3.00. The van der Waals surface area contributed by atoms with Gasteiger partial charge in [-0.1, -0.05) is 0 Å². The summed E-state index contributed by atoms with van der Waals surface area (Å²) in [5, 5.41) is 9.32. The third-order valence-electron chi connectivity index (χ3n) is 3.00. The molecule has 1 aromatic heterocycles. The Kier molecular flexibility index (Phi) is 2.59. The van der Waals surface area contributed by atoms with Crippen molar-refractivity contribution >= 4 is 16.8 Å². The maximum Gasteiger partial charge on any atom is 0.181 e. The number of likely N-dealkylation sites (N-methyl/N-ethyl adjacent to an activating group) is 1. The lowest BCUT2D eigenvalue weighted by Gasteiger charge is -2.35. The van der Waals surface area contributed by atoms with Gasteiger partial charge in [0.15, 0.2) is 12.0 Å². The van der Waals surface area contributed by atoms with Gasteiger partial charge in [0.1, 0.15) is 5.52 Å². The smallest absolute Gasteiger partial charge is 0.181 e. The van der Waals surface area contributed by atoms with Crippen LogP contribution < -0.4 is 4.90 Å². The number of anilines is 1. The van der Waals surface area contributed by atoms with Crippen molar-refractivity contribution in [3.63, 3.8) is 0 Å². The molecule has 0 saturated carbocycles. The van der Waals surface area contributed by atoms with Gasteiger partial charge in [0.25, 0.3) is 0 Å². The molecule has 0 atom stereocenters. The third kappa shape index (κ3) is 1.76. The van der Waals surface area contributed by atoms with Crippen LogP contribution in [0.1, 0.15) is 13.8 Å². The van der Waals surface area contributed by atoms with Crippen LogP contribution in [-0.2, 0) is 0 Å². The second-order valence-electron chi connectivity index (χ2n) is 4.53. The Balaban J connectivity index is 2.39. The van der Waals surface area contributed by atoms with Crippen LogP contribution in [0.15, 0.2) is 29.0 Å². The molecule has 2 rings (SSSR count). The first-order valence-corrected chi connectivity index (χ1v) is 5.22. The summed E-state index contributed by atoms with van der Waals surface area (Å²) in [4.78, 5) is 6.09. The Labute approximate surface area is 94.5 Å². The Bertz CT molecular complexity index is 490. The molecule has 0 saturated heterocycles. The van der Waals surface area contributed by atoms with Gasteiger partial charge in [0.2, 0.25) is 0 Å². The van der Waals surface area contributed by atoms with Gasteiger partial charge < -0.3 is 14.4 Å². The van der Waals surface area contributed by atoms with Crippen molar-refractivity contribution in [3.8, 4) is 0 Å². The van der Waals surface area contributed by atoms with E-state index >= 15 is 0 Å². The van der Waals surface area contributed by atoms with Gasteiger partial charge in [-0.3, -0.25) is 0 Å². The minimum absolute atomic E-state index is 0.0952. The van der Waals surface area contributed by atoms with Gasteiger partial charge in [-0.05, 0) is 26.0 Å². The molecule has 0 spiro atoms. The first kappa shape index (κ1) is 11.0. The standard InChI is InChI=1S/C12H16N2O2/c1-12(2,7-15)14(3)9-4-5-10-11(6-9)16-8-13-10/h4-6,8,15H,7H2,1-3H3. The zero-order valence-electron chi connectivity index (χ0n) is 9.77. The normalized spacial score (nSPS) is 12.0. The summed E-state index contributed by atoms with van der Waals surface area (Å²) in [6.45, 7) is 4.06. The minimum Gasteiger partial charge on any atom is -0.443 e. The summed E-state index contributed by atoms with van der Waals surface area (Å²) < 4.78 is 5.25. The fraction of sp³-hybridized carbons (Fsp3) is 0.417. The van der Waals surface area contributed by atoms with E-state index in [2.05, 4.69) is 4.98 Å². The van der Waals surface area contributed by atoms with E-state index in [9.17, 15) is 5.11 Å². The van der Waals surface area contributed by atoms with Crippen molar-refractivity contribution in [2.45, 2.75) is 19.4 Å². The lowest BCUT2D eigenvalue weighted by Crippen LogP contribution is -2.44. The molecule has 2 aromatic rings. The molecule has 1 heterocycles. The molecule has 0 aliphatic carbocycles. The summed E-state index contributed by atoms with van der Waals surface area (Å²) in [6.07, 6.45) is 1.44. The second kappa shape index (κ2) is 3.79. The van der Waals surface area contributed by atoms with Crippen LogP contribution in [0.2, 0.25) is 0 Å². The van der Waals surface area contributed by atoms with E-state index in [1.165, 1.54) is 6.39 Å². The van der Waals surface area contributed by atoms with Crippen LogP contribution in [0, 0.1) is 0 Å². The fourth-order valence-electron chi connectivity index (χ4n) is 1.51. The number of aliphatic hydroxyl groups is 1. The highest BCUT2D eigenvalue weighted by molar-refractivity contribution is 5.77. The van der Waals surface area contributed by atoms with E-state index in [1.807, 2.05) is 44.0 Å². The first-order chi connectivity index (χ1) is 7.54. The number of oxazole rings is 1. The average Bonchev–Trinajstić information content (AvgIpc) is 2.74. The summed E-state index contributed by atoms with van der Waals surface area (Å²) in [5.41, 5.74) is 2.31. The van der Waals surface area contributed by atoms with Crippen molar-refractivity contribution in [1.29, 1.82) is 0 Å². The topological polar surface area (TPSA) is 49.5 Å². The molecule has 0 fully saturated rings.